The molecule has 0 aliphatic carbocycles. The first-order valence-corrected chi connectivity index (χ1v) is 8.72. The van der Waals surface area contributed by atoms with Gasteiger partial charge in [-0.2, -0.15) is 0 Å². The summed E-state index contributed by atoms with van der Waals surface area (Å²) in [6.45, 7) is 3.08. The van der Waals surface area contributed by atoms with Gasteiger partial charge in [-0.1, -0.05) is 23.7 Å². The summed E-state index contributed by atoms with van der Waals surface area (Å²) in [6.07, 6.45) is -0.171. The van der Waals surface area contributed by atoms with Crippen LogP contribution in [0.3, 0.4) is 0 Å². The molecular weight excluding hydrogens is 354 g/mol. The van der Waals surface area contributed by atoms with Crippen molar-refractivity contribution in [1.29, 1.82) is 0 Å². The van der Waals surface area contributed by atoms with E-state index in [9.17, 15) is 14.7 Å². The fourth-order valence-corrected chi connectivity index (χ4v) is 2.59. The number of hydrogen-bond donors (Lipinski definition) is 3. The number of carboxylic acids is 1. The number of hydrogen-bond acceptors (Lipinski definition) is 4. The first kappa shape index (κ1) is 19.8. The molecule has 26 heavy (non-hydrogen) atoms. The van der Waals surface area contributed by atoms with E-state index in [0.717, 1.165) is 11.3 Å². The molecule has 4 N–H and O–H groups in total. The van der Waals surface area contributed by atoms with Crippen LogP contribution in [0.5, 0.6) is 0 Å². The predicted octanol–water partition coefficient (Wildman–Crippen LogP) is 0.771. The lowest BCUT2D eigenvalue weighted by Crippen LogP contribution is -2.94. The molecular formula is C19H22ClN3O3. The van der Waals surface area contributed by atoms with Gasteiger partial charge < -0.3 is 25.9 Å². The van der Waals surface area contributed by atoms with E-state index in [0.29, 0.717) is 23.8 Å². The van der Waals surface area contributed by atoms with Crippen molar-refractivity contribution in [3.63, 3.8) is 0 Å². The van der Waals surface area contributed by atoms with Gasteiger partial charge in [0.15, 0.2) is 0 Å². The van der Waals surface area contributed by atoms with Gasteiger partial charge in [0.05, 0.1) is 25.5 Å². The molecule has 0 fully saturated rings. The van der Waals surface area contributed by atoms with E-state index in [-0.39, 0.29) is 12.3 Å². The highest BCUT2D eigenvalue weighted by molar-refractivity contribution is 6.30. The topological polar surface area (TPSA) is 97.9 Å². The van der Waals surface area contributed by atoms with Gasteiger partial charge in [0.1, 0.15) is 6.04 Å². The van der Waals surface area contributed by atoms with E-state index < -0.39 is 12.0 Å². The molecule has 0 aliphatic heterocycles. The molecule has 2 aromatic carbocycles. The van der Waals surface area contributed by atoms with Crippen molar-refractivity contribution < 1.29 is 20.0 Å². The molecule has 2 aromatic rings. The summed E-state index contributed by atoms with van der Waals surface area (Å²) in [4.78, 5) is 23.3. The van der Waals surface area contributed by atoms with Crippen LogP contribution in [0.4, 0.5) is 11.4 Å². The normalized spacial score (nSPS) is 11.6. The Bertz CT molecular complexity index is 750. The second-order valence-electron chi connectivity index (χ2n) is 6.01. The van der Waals surface area contributed by atoms with E-state index in [1.165, 1.54) is 0 Å². The highest BCUT2D eigenvalue weighted by atomic mass is 35.5. The smallest absolute Gasteiger partial charge is 0.230 e. The second-order valence-corrected chi connectivity index (χ2v) is 6.44. The summed E-state index contributed by atoms with van der Waals surface area (Å²) in [6, 6.07) is 13.6. The first-order chi connectivity index (χ1) is 12.4. The van der Waals surface area contributed by atoms with Crippen molar-refractivity contribution in [2.75, 3.05) is 23.7 Å². The molecule has 138 valence electrons. The summed E-state index contributed by atoms with van der Waals surface area (Å²) < 4.78 is 0. The van der Waals surface area contributed by atoms with E-state index >= 15 is 0 Å². The van der Waals surface area contributed by atoms with Crippen LogP contribution in [-0.2, 0) is 9.59 Å². The van der Waals surface area contributed by atoms with Crippen molar-refractivity contribution in [2.24, 2.45) is 0 Å². The number of halogens is 1. The Balaban J connectivity index is 1.77. The fourth-order valence-electron chi connectivity index (χ4n) is 2.46. The molecule has 1 amide bonds. The van der Waals surface area contributed by atoms with Crippen LogP contribution in [0.25, 0.3) is 0 Å². The summed E-state index contributed by atoms with van der Waals surface area (Å²) in [5.74, 6) is -1.64. The number of carbonyl (C=O) groups excluding carboxylic acids is 2. The van der Waals surface area contributed by atoms with E-state index in [4.69, 9.17) is 11.6 Å². The van der Waals surface area contributed by atoms with Crippen molar-refractivity contribution in [1.82, 2.24) is 0 Å². The van der Waals surface area contributed by atoms with Gasteiger partial charge in [-0.25, -0.2) is 0 Å². The molecule has 1 atom stereocenters. The summed E-state index contributed by atoms with van der Waals surface area (Å²) in [5, 5.41) is 19.3. The minimum Gasteiger partial charge on any atom is -0.544 e. The predicted molar refractivity (Wildman–Crippen MR) is 100.0 cm³/mol. The Morgan fingerprint density at radius 1 is 1.15 bits per heavy atom. The molecule has 2 rings (SSSR count). The first-order valence-electron chi connectivity index (χ1n) is 8.34. The average molecular weight is 376 g/mol. The number of quaternary nitrogens is 1. The van der Waals surface area contributed by atoms with Crippen LogP contribution in [0.2, 0.25) is 5.02 Å². The molecule has 0 aliphatic rings. The number of anilines is 2. The molecule has 0 bridgehead atoms. The SMILES string of the molecule is Cc1cccc(NCC[NH2+][C@@H](CC(=O)Nc2ccc(Cl)cc2)C(=O)[O-])c1. The number of aliphatic carboxylic acids is 1. The number of rotatable bonds is 9. The van der Waals surface area contributed by atoms with Gasteiger partial charge in [0.2, 0.25) is 5.91 Å². The Kier molecular flexibility index (Phi) is 7.44. The maximum atomic E-state index is 12.0. The number of carboxylic acid groups (broad SMARTS) is 1. The third-order valence-corrected chi connectivity index (χ3v) is 4.03. The number of aryl methyl sites for hydroxylation is 1. The maximum Gasteiger partial charge on any atom is 0.230 e. The zero-order valence-electron chi connectivity index (χ0n) is 14.5. The number of amides is 1. The molecule has 0 saturated heterocycles. The molecule has 7 heteroatoms. The average Bonchev–Trinajstić information content (AvgIpc) is 2.59. The Hall–Kier alpha value is -2.57. The van der Waals surface area contributed by atoms with Gasteiger partial charge >= 0.3 is 0 Å². The molecule has 0 spiro atoms. The molecule has 0 heterocycles. The van der Waals surface area contributed by atoms with E-state index in [1.807, 2.05) is 31.2 Å². The van der Waals surface area contributed by atoms with Crippen LogP contribution in [-0.4, -0.2) is 31.0 Å². The number of nitrogens with one attached hydrogen (secondary N) is 2. The maximum absolute atomic E-state index is 12.0. The van der Waals surface area contributed by atoms with Crippen LogP contribution in [0, 0.1) is 6.92 Å². The minimum atomic E-state index is -1.26. The Morgan fingerprint density at radius 2 is 1.88 bits per heavy atom. The van der Waals surface area contributed by atoms with Crippen LogP contribution < -0.4 is 21.1 Å². The number of benzene rings is 2. The number of nitrogens with two attached hydrogens (primary N) is 1. The highest BCUT2D eigenvalue weighted by Crippen LogP contribution is 2.13. The van der Waals surface area contributed by atoms with Gasteiger partial charge in [-0.3, -0.25) is 4.79 Å². The van der Waals surface area contributed by atoms with Crippen LogP contribution in [0.1, 0.15) is 12.0 Å². The quantitative estimate of drug-likeness (QED) is 0.564. The molecule has 0 unspecified atom stereocenters. The summed E-state index contributed by atoms with van der Waals surface area (Å²) >= 11 is 5.79. The van der Waals surface area contributed by atoms with Gasteiger partial charge in [0, 0.05) is 16.4 Å². The zero-order chi connectivity index (χ0) is 18.9. The monoisotopic (exact) mass is 375 g/mol. The molecule has 0 radical (unpaired) electrons. The molecule has 0 saturated carbocycles. The van der Waals surface area contributed by atoms with Crippen molar-refractivity contribution in [2.45, 2.75) is 19.4 Å². The largest absolute Gasteiger partial charge is 0.544 e. The molecule has 0 aromatic heterocycles. The van der Waals surface area contributed by atoms with Crippen molar-refractivity contribution in [3.05, 3.63) is 59.1 Å². The third-order valence-electron chi connectivity index (χ3n) is 3.78. The van der Waals surface area contributed by atoms with E-state index in [2.05, 4.69) is 10.6 Å². The number of carbonyl (C=O) groups is 2. The summed E-state index contributed by atoms with van der Waals surface area (Å²) in [5.41, 5.74) is 2.69. The highest BCUT2D eigenvalue weighted by Gasteiger charge is 2.18. The Morgan fingerprint density at radius 3 is 2.54 bits per heavy atom. The van der Waals surface area contributed by atoms with Crippen molar-refractivity contribution in [3.8, 4) is 0 Å². The van der Waals surface area contributed by atoms with E-state index in [1.54, 1.807) is 29.6 Å². The van der Waals surface area contributed by atoms with Crippen LogP contribution >= 0.6 is 11.6 Å². The molecule has 6 nitrogen and oxygen atoms in total. The third kappa shape index (κ3) is 6.74. The fraction of sp³-hybridized carbons (Fsp3) is 0.263. The summed E-state index contributed by atoms with van der Waals surface area (Å²) in [7, 11) is 0. The second kappa shape index (κ2) is 9.79. The Labute approximate surface area is 157 Å². The van der Waals surface area contributed by atoms with Crippen molar-refractivity contribution >= 4 is 34.9 Å². The minimum absolute atomic E-state index is 0.171. The lowest BCUT2D eigenvalue weighted by molar-refractivity contribution is -0.680. The van der Waals surface area contributed by atoms with Gasteiger partial charge in [-0.05, 0) is 48.9 Å². The lowest BCUT2D eigenvalue weighted by Gasteiger charge is -2.17. The lowest BCUT2D eigenvalue weighted by atomic mass is 10.2. The van der Waals surface area contributed by atoms with Gasteiger partial charge in [-0.15, -0.1) is 0 Å². The standard InChI is InChI=1S/C19H22ClN3O3/c1-13-3-2-4-16(11-13)21-9-10-22-17(19(25)26)12-18(24)23-15-7-5-14(20)6-8-15/h2-8,11,17,21-22H,9-10,12H2,1H3,(H,23,24)(H,25,26)/t17-/m0/s1. The zero-order valence-corrected chi connectivity index (χ0v) is 15.3. The van der Waals surface area contributed by atoms with Gasteiger partial charge in [0.25, 0.3) is 0 Å². The van der Waals surface area contributed by atoms with Crippen LogP contribution in [0.15, 0.2) is 48.5 Å².